The minimum atomic E-state index is -1.15. The van der Waals surface area contributed by atoms with Crippen molar-refractivity contribution in [3.05, 3.63) is 29.0 Å². The first-order chi connectivity index (χ1) is 13.6. The topological polar surface area (TPSA) is 122 Å². The molecule has 0 saturated carbocycles. The van der Waals surface area contributed by atoms with Crippen LogP contribution in [0.1, 0.15) is 26.3 Å². The molecule has 1 aliphatic heterocycles. The number of anilines is 1. The zero-order valence-electron chi connectivity index (χ0n) is 16.3. The fourth-order valence-corrected chi connectivity index (χ4v) is 3.48. The molecule has 0 aliphatic carbocycles. The summed E-state index contributed by atoms with van der Waals surface area (Å²) in [5.41, 5.74) is 0.362. The van der Waals surface area contributed by atoms with Crippen LogP contribution in [0.4, 0.5) is 10.6 Å². The quantitative estimate of drug-likeness (QED) is 0.769. The lowest BCUT2D eigenvalue weighted by molar-refractivity contribution is -0.127. The van der Waals surface area contributed by atoms with Gasteiger partial charge in [-0.05, 0) is 32.9 Å². The van der Waals surface area contributed by atoms with E-state index in [0.717, 1.165) is 4.90 Å². The van der Waals surface area contributed by atoms with Gasteiger partial charge in [0.25, 0.3) is 0 Å². The van der Waals surface area contributed by atoms with Crippen LogP contribution in [0.15, 0.2) is 18.5 Å². The van der Waals surface area contributed by atoms with Crippen LogP contribution in [0.5, 0.6) is 0 Å². The summed E-state index contributed by atoms with van der Waals surface area (Å²) >= 11 is 6.10. The molecule has 152 valence electrons. The number of carboxylic acid groups (broad SMARTS) is 1. The number of fused-ring (bicyclic) bond motifs is 1. The van der Waals surface area contributed by atoms with E-state index in [0.29, 0.717) is 33.9 Å². The van der Waals surface area contributed by atoms with E-state index in [4.69, 9.17) is 11.6 Å². The van der Waals surface area contributed by atoms with Gasteiger partial charge in [-0.2, -0.15) is 5.26 Å². The molecule has 1 aromatic carbocycles. The van der Waals surface area contributed by atoms with Crippen molar-refractivity contribution >= 4 is 40.3 Å². The molecule has 1 saturated heterocycles. The molecule has 1 atom stereocenters. The predicted molar refractivity (Wildman–Crippen MR) is 108 cm³/mol. The number of hydrogen-bond acceptors (Lipinski definition) is 6. The van der Waals surface area contributed by atoms with Gasteiger partial charge in [0.1, 0.15) is 24.3 Å². The minimum absolute atomic E-state index is 0.130. The van der Waals surface area contributed by atoms with Gasteiger partial charge < -0.3 is 15.3 Å². The zero-order chi connectivity index (χ0) is 21.3. The number of aromatic nitrogens is 2. The van der Waals surface area contributed by atoms with Crippen LogP contribution in [-0.2, 0) is 4.79 Å². The first-order valence-corrected chi connectivity index (χ1v) is 9.39. The van der Waals surface area contributed by atoms with Gasteiger partial charge in [-0.25, -0.2) is 14.8 Å². The lowest BCUT2D eigenvalue weighted by Gasteiger charge is -2.40. The zero-order valence-corrected chi connectivity index (χ0v) is 17.1. The normalized spacial score (nSPS) is 17.1. The summed E-state index contributed by atoms with van der Waals surface area (Å²) < 4.78 is 0. The number of nitrogens with zero attached hydrogens (tertiary/aromatic N) is 5. The summed E-state index contributed by atoms with van der Waals surface area (Å²) in [4.78, 5) is 36.0. The Morgan fingerprint density at radius 3 is 2.66 bits per heavy atom. The highest BCUT2D eigenvalue weighted by molar-refractivity contribution is 6.32. The van der Waals surface area contributed by atoms with Gasteiger partial charge in [-0.3, -0.25) is 9.69 Å². The molecule has 2 amide bonds. The van der Waals surface area contributed by atoms with E-state index in [1.807, 2.05) is 31.7 Å². The van der Waals surface area contributed by atoms with Crippen molar-refractivity contribution in [1.29, 1.82) is 5.26 Å². The maximum Gasteiger partial charge on any atom is 0.408 e. The van der Waals surface area contributed by atoms with Crippen LogP contribution in [0.25, 0.3) is 10.9 Å². The SMILES string of the molecule is CC(C)(C)NC(=O)C1CN(c2ncnc3cc(Cl)c(C#N)cc23)CCN1C(=O)O. The molecule has 1 fully saturated rings. The Balaban J connectivity index is 1.99. The number of halogens is 1. The maximum absolute atomic E-state index is 12.8. The van der Waals surface area contributed by atoms with E-state index in [2.05, 4.69) is 15.3 Å². The molecule has 0 radical (unpaired) electrons. The van der Waals surface area contributed by atoms with Crippen LogP contribution in [0.2, 0.25) is 5.02 Å². The summed E-state index contributed by atoms with van der Waals surface area (Å²) in [5.74, 6) is 0.158. The van der Waals surface area contributed by atoms with Crippen LogP contribution >= 0.6 is 11.6 Å². The molecular weight excluding hydrogens is 396 g/mol. The van der Waals surface area contributed by atoms with Crippen molar-refractivity contribution in [2.45, 2.75) is 32.4 Å². The molecule has 0 spiro atoms. The number of carbonyl (C=O) groups is 2. The van der Waals surface area contributed by atoms with Gasteiger partial charge in [-0.15, -0.1) is 0 Å². The number of nitrogens with one attached hydrogen (secondary N) is 1. The summed E-state index contributed by atoms with van der Waals surface area (Å²) in [5, 5.41) is 22.6. The first-order valence-electron chi connectivity index (χ1n) is 9.01. The standard InChI is InChI=1S/C19H21ClN6O3/c1-19(2,3)24-17(27)15-9-25(4-5-26(15)18(28)29)16-12-6-11(8-21)13(20)7-14(12)22-10-23-16/h6-7,10,15H,4-5,9H2,1-3H3,(H,24,27)(H,28,29). The number of piperazine rings is 1. The van der Waals surface area contributed by atoms with E-state index in [-0.39, 0.29) is 19.0 Å². The number of nitriles is 1. The van der Waals surface area contributed by atoms with Crippen molar-refractivity contribution in [2.24, 2.45) is 0 Å². The highest BCUT2D eigenvalue weighted by Crippen LogP contribution is 2.29. The molecule has 2 heterocycles. The average molecular weight is 417 g/mol. The van der Waals surface area contributed by atoms with Crippen LogP contribution in [0, 0.1) is 11.3 Å². The summed E-state index contributed by atoms with van der Waals surface area (Å²) in [6.45, 7) is 6.12. The van der Waals surface area contributed by atoms with Crippen molar-refractivity contribution in [3.63, 3.8) is 0 Å². The van der Waals surface area contributed by atoms with E-state index < -0.39 is 17.7 Å². The molecular formula is C19H21ClN6O3. The smallest absolute Gasteiger partial charge is 0.408 e. The molecule has 29 heavy (non-hydrogen) atoms. The van der Waals surface area contributed by atoms with E-state index in [9.17, 15) is 20.0 Å². The minimum Gasteiger partial charge on any atom is -0.465 e. The molecule has 1 aromatic heterocycles. The highest BCUT2D eigenvalue weighted by Gasteiger charge is 2.37. The second kappa shape index (κ2) is 7.72. The summed E-state index contributed by atoms with van der Waals surface area (Å²) in [6, 6.07) is 4.35. The Hall–Kier alpha value is -3.12. The number of amides is 2. The van der Waals surface area contributed by atoms with E-state index in [1.54, 1.807) is 12.1 Å². The predicted octanol–water partition coefficient (Wildman–Crippen LogP) is 2.24. The summed E-state index contributed by atoms with van der Waals surface area (Å²) in [7, 11) is 0. The van der Waals surface area contributed by atoms with Gasteiger partial charge in [0.2, 0.25) is 5.91 Å². The third kappa shape index (κ3) is 4.32. The van der Waals surface area contributed by atoms with Gasteiger partial charge in [0, 0.05) is 30.6 Å². The molecule has 2 aromatic rings. The fraction of sp³-hybridized carbons (Fsp3) is 0.421. The Bertz CT molecular complexity index is 1010. The third-order valence-electron chi connectivity index (χ3n) is 4.55. The first kappa shape index (κ1) is 20.6. The van der Waals surface area contributed by atoms with Gasteiger partial charge in [-0.1, -0.05) is 11.6 Å². The van der Waals surface area contributed by atoms with Crippen LogP contribution < -0.4 is 10.2 Å². The van der Waals surface area contributed by atoms with Crippen molar-refractivity contribution < 1.29 is 14.7 Å². The van der Waals surface area contributed by atoms with Crippen LogP contribution in [0.3, 0.4) is 0 Å². The van der Waals surface area contributed by atoms with Gasteiger partial charge in [0.15, 0.2) is 0 Å². The van der Waals surface area contributed by atoms with Gasteiger partial charge in [0.05, 0.1) is 16.1 Å². The third-order valence-corrected chi connectivity index (χ3v) is 4.86. The monoisotopic (exact) mass is 416 g/mol. The molecule has 1 unspecified atom stereocenters. The lowest BCUT2D eigenvalue weighted by Crippen LogP contribution is -2.62. The lowest BCUT2D eigenvalue weighted by atomic mass is 10.1. The number of benzene rings is 1. The van der Waals surface area contributed by atoms with E-state index in [1.165, 1.54) is 6.33 Å². The van der Waals surface area contributed by atoms with Crippen molar-refractivity contribution in [1.82, 2.24) is 20.2 Å². The average Bonchev–Trinajstić information content (AvgIpc) is 2.65. The molecule has 2 N–H and O–H groups in total. The highest BCUT2D eigenvalue weighted by atomic mass is 35.5. The van der Waals surface area contributed by atoms with Gasteiger partial charge >= 0.3 is 6.09 Å². The second-order valence-electron chi connectivity index (χ2n) is 7.84. The molecule has 9 nitrogen and oxygen atoms in total. The van der Waals surface area contributed by atoms with Crippen molar-refractivity contribution in [2.75, 3.05) is 24.5 Å². The second-order valence-corrected chi connectivity index (χ2v) is 8.24. The molecule has 10 heteroatoms. The molecule has 3 rings (SSSR count). The number of carbonyl (C=O) groups excluding carboxylic acids is 1. The van der Waals surface area contributed by atoms with Crippen molar-refractivity contribution in [3.8, 4) is 6.07 Å². The Morgan fingerprint density at radius 1 is 1.31 bits per heavy atom. The Kier molecular flexibility index (Phi) is 5.48. The Labute approximate surface area is 172 Å². The fourth-order valence-electron chi connectivity index (χ4n) is 3.28. The number of rotatable bonds is 2. The largest absolute Gasteiger partial charge is 0.465 e. The molecule has 0 bridgehead atoms. The molecule has 1 aliphatic rings. The maximum atomic E-state index is 12.8. The Morgan fingerprint density at radius 2 is 2.03 bits per heavy atom. The number of hydrogen-bond donors (Lipinski definition) is 2. The van der Waals surface area contributed by atoms with E-state index >= 15 is 0 Å². The summed E-state index contributed by atoms with van der Waals surface area (Å²) in [6.07, 6.45) is 0.234. The van der Waals surface area contributed by atoms with Crippen LogP contribution in [-0.4, -0.2) is 63.2 Å².